The Morgan fingerprint density at radius 1 is 1.07 bits per heavy atom. The normalized spacial score (nSPS) is 16.1. The van der Waals surface area contributed by atoms with Gasteiger partial charge in [0.15, 0.2) is 11.5 Å². The van der Waals surface area contributed by atoms with Crippen LogP contribution < -0.4 is 14.8 Å². The molecule has 2 aromatic carbocycles. The standard InChI is InChI=1S/C21H27ClN2O3/c1-25-20-7-6-16(12-21(20)26-2)14-23-15-19(24-8-10-27-11-9-24)17-4-3-5-18(22)13-17/h3-7,12-13,19,23H,8-11,14-15H2,1-2H3. The number of hydrogen-bond donors (Lipinski definition) is 1. The second-order valence-electron chi connectivity index (χ2n) is 6.54. The third-order valence-electron chi connectivity index (χ3n) is 4.83. The number of ether oxygens (including phenoxy) is 3. The summed E-state index contributed by atoms with van der Waals surface area (Å²) < 4.78 is 16.2. The Hall–Kier alpha value is -1.79. The lowest BCUT2D eigenvalue weighted by Gasteiger charge is -2.35. The summed E-state index contributed by atoms with van der Waals surface area (Å²) in [5, 5.41) is 4.35. The van der Waals surface area contributed by atoms with Gasteiger partial charge in [-0.05, 0) is 35.4 Å². The number of benzene rings is 2. The van der Waals surface area contributed by atoms with E-state index in [1.807, 2.05) is 24.3 Å². The van der Waals surface area contributed by atoms with Crippen LogP contribution in [0.25, 0.3) is 0 Å². The Bertz CT molecular complexity index is 735. The molecule has 0 amide bonds. The second kappa shape index (κ2) is 9.95. The molecule has 0 bridgehead atoms. The zero-order valence-corrected chi connectivity index (χ0v) is 16.7. The SMILES string of the molecule is COc1ccc(CNCC(c2cccc(Cl)c2)N2CCOCC2)cc1OC. The van der Waals surface area contributed by atoms with Crippen molar-refractivity contribution in [2.24, 2.45) is 0 Å². The van der Waals surface area contributed by atoms with Gasteiger partial charge in [0.2, 0.25) is 0 Å². The fraction of sp³-hybridized carbons (Fsp3) is 0.429. The number of morpholine rings is 1. The van der Waals surface area contributed by atoms with Crippen molar-refractivity contribution in [2.45, 2.75) is 12.6 Å². The van der Waals surface area contributed by atoms with Crippen LogP contribution in [0.1, 0.15) is 17.2 Å². The maximum Gasteiger partial charge on any atom is 0.161 e. The minimum absolute atomic E-state index is 0.257. The second-order valence-corrected chi connectivity index (χ2v) is 6.98. The molecular formula is C21H27ClN2O3. The molecule has 0 saturated carbocycles. The van der Waals surface area contributed by atoms with Gasteiger partial charge in [-0.2, -0.15) is 0 Å². The molecule has 6 heteroatoms. The highest BCUT2D eigenvalue weighted by Gasteiger charge is 2.22. The molecule has 0 spiro atoms. The Labute approximate surface area is 166 Å². The molecule has 0 aliphatic carbocycles. The number of rotatable bonds is 8. The maximum atomic E-state index is 6.23. The number of hydrogen-bond acceptors (Lipinski definition) is 5. The third-order valence-corrected chi connectivity index (χ3v) is 5.07. The average Bonchev–Trinajstić information content (AvgIpc) is 2.71. The van der Waals surface area contributed by atoms with E-state index in [1.54, 1.807) is 14.2 Å². The van der Waals surface area contributed by atoms with Gasteiger partial charge in [0.1, 0.15) is 0 Å². The van der Waals surface area contributed by atoms with Gasteiger partial charge in [-0.1, -0.05) is 29.8 Å². The van der Waals surface area contributed by atoms with E-state index in [2.05, 4.69) is 28.4 Å². The van der Waals surface area contributed by atoms with E-state index in [1.165, 1.54) is 5.56 Å². The van der Waals surface area contributed by atoms with Crippen molar-refractivity contribution in [1.29, 1.82) is 0 Å². The van der Waals surface area contributed by atoms with E-state index in [0.717, 1.165) is 61.5 Å². The first-order valence-corrected chi connectivity index (χ1v) is 9.58. The zero-order valence-electron chi connectivity index (χ0n) is 15.9. The quantitative estimate of drug-likeness (QED) is 0.747. The van der Waals surface area contributed by atoms with E-state index < -0.39 is 0 Å². The summed E-state index contributed by atoms with van der Waals surface area (Å²) in [7, 11) is 3.30. The molecule has 0 radical (unpaired) electrons. The van der Waals surface area contributed by atoms with Crippen molar-refractivity contribution in [1.82, 2.24) is 10.2 Å². The fourth-order valence-corrected chi connectivity index (χ4v) is 3.60. The number of nitrogens with zero attached hydrogens (tertiary/aromatic N) is 1. The van der Waals surface area contributed by atoms with Crippen LogP contribution in [0.15, 0.2) is 42.5 Å². The van der Waals surface area contributed by atoms with Gasteiger partial charge in [0, 0.05) is 37.2 Å². The first kappa shape index (κ1) is 20.0. The van der Waals surface area contributed by atoms with Crippen molar-refractivity contribution in [3.63, 3.8) is 0 Å². The highest BCUT2D eigenvalue weighted by atomic mass is 35.5. The van der Waals surface area contributed by atoms with Crippen LogP contribution in [-0.2, 0) is 11.3 Å². The van der Waals surface area contributed by atoms with Crippen molar-refractivity contribution in [3.05, 3.63) is 58.6 Å². The van der Waals surface area contributed by atoms with E-state index >= 15 is 0 Å². The molecule has 1 unspecified atom stereocenters. The lowest BCUT2D eigenvalue weighted by molar-refractivity contribution is 0.0161. The molecule has 3 rings (SSSR count). The first-order chi connectivity index (χ1) is 13.2. The minimum Gasteiger partial charge on any atom is -0.493 e. The number of halogens is 1. The minimum atomic E-state index is 0.257. The molecule has 1 saturated heterocycles. The summed E-state index contributed by atoms with van der Waals surface area (Å²) >= 11 is 6.23. The number of nitrogens with one attached hydrogen (secondary N) is 1. The van der Waals surface area contributed by atoms with Gasteiger partial charge in [0.25, 0.3) is 0 Å². The molecule has 0 aromatic heterocycles. The average molecular weight is 391 g/mol. The van der Waals surface area contributed by atoms with Gasteiger partial charge in [-0.15, -0.1) is 0 Å². The summed E-state index contributed by atoms with van der Waals surface area (Å²) in [6, 6.07) is 14.4. The van der Waals surface area contributed by atoms with Crippen LogP contribution in [0.4, 0.5) is 0 Å². The van der Waals surface area contributed by atoms with Crippen molar-refractivity contribution >= 4 is 11.6 Å². The van der Waals surface area contributed by atoms with E-state index in [9.17, 15) is 0 Å². The summed E-state index contributed by atoms with van der Waals surface area (Å²) in [5.74, 6) is 1.49. The lowest BCUT2D eigenvalue weighted by Crippen LogP contribution is -2.42. The van der Waals surface area contributed by atoms with Gasteiger partial charge in [-0.3, -0.25) is 4.90 Å². The smallest absolute Gasteiger partial charge is 0.161 e. The molecule has 2 aromatic rings. The Morgan fingerprint density at radius 2 is 1.85 bits per heavy atom. The Kier molecular flexibility index (Phi) is 7.35. The zero-order chi connectivity index (χ0) is 19.1. The molecule has 1 atom stereocenters. The highest BCUT2D eigenvalue weighted by molar-refractivity contribution is 6.30. The molecule has 1 N–H and O–H groups in total. The third kappa shape index (κ3) is 5.36. The van der Waals surface area contributed by atoms with Crippen LogP contribution in [-0.4, -0.2) is 52.0 Å². The predicted molar refractivity (Wildman–Crippen MR) is 108 cm³/mol. The van der Waals surface area contributed by atoms with Crippen LogP contribution in [0.3, 0.4) is 0 Å². The van der Waals surface area contributed by atoms with Gasteiger partial charge >= 0.3 is 0 Å². The molecule has 146 valence electrons. The molecule has 27 heavy (non-hydrogen) atoms. The molecular weight excluding hydrogens is 364 g/mol. The van der Waals surface area contributed by atoms with Crippen molar-refractivity contribution < 1.29 is 14.2 Å². The van der Waals surface area contributed by atoms with Crippen LogP contribution in [0, 0.1) is 0 Å². The summed E-state index contributed by atoms with van der Waals surface area (Å²) in [6.45, 7) is 4.97. The lowest BCUT2D eigenvalue weighted by atomic mass is 10.0. The van der Waals surface area contributed by atoms with E-state index in [0.29, 0.717) is 0 Å². The Balaban J connectivity index is 1.67. The molecule has 1 aliphatic heterocycles. The van der Waals surface area contributed by atoms with Crippen molar-refractivity contribution in [2.75, 3.05) is 47.1 Å². The largest absolute Gasteiger partial charge is 0.493 e. The summed E-state index contributed by atoms with van der Waals surface area (Å²) in [6.07, 6.45) is 0. The molecule has 1 fully saturated rings. The van der Waals surface area contributed by atoms with Crippen LogP contribution >= 0.6 is 11.6 Å². The monoisotopic (exact) mass is 390 g/mol. The van der Waals surface area contributed by atoms with Gasteiger partial charge < -0.3 is 19.5 Å². The topological polar surface area (TPSA) is 43.0 Å². The van der Waals surface area contributed by atoms with E-state index in [-0.39, 0.29) is 6.04 Å². The number of methoxy groups -OCH3 is 2. The fourth-order valence-electron chi connectivity index (χ4n) is 3.40. The molecule has 1 heterocycles. The maximum absolute atomic E-state index is 6.23. The Morgan fingerprint density at radius 3 is 2.56 bits per heavy atom. The predicted octanol–water partition coefficient (Wildman–Crippen LogP) is 3.52. The summed E-state index contributed by atoms with van der Waals surface area (Å²) in [5.41, 5.74) is 2.38. The summed E-state index contributed by atoms with van der Waals surface area (Å²) in [4.78, 5) is 2.46. The molecule has 1 aliphatic rings. The first-order valence-electron chi connectivity index (χ1n) is 9.20. The van der Waals surface area contributed by atoms with Gasteiger partial charge in [0.05, 0.1) is 27.4 Å². The van der Waals surface area contributed by atoms with Gasteiger partial charge in [-0.25, -0.2) is 0 Å². The highest BCUT2D eigenvalue weighted by Crippen LogP contribution is 2.28. The van der Waals surface area contributed by atoms with Crippen LogP contribution in [0.5, 0.6) is 11.5 Å². The van der Waals surface area contributed by atoms with Crippen molar-refractivity contribution in [3.8, 4) is 11.5 Å². The van der Waals surface area contributed by atoms with Crippen LogP contribution in [0.2, 0.25) is 5.02 Å². The molecule has 5 nitrogen and oxygen atoms in total. The van der Waals surface area contributed by atoms with E-state index in [4.69, 9.17) is 25.8 Å².